The highest BCUT2D eigenvalue weighted by Crippen LogP contribution is 2.36. The van der Waals surface area contributed by atoms with Crippen molar-refractivity contribution in [1.82, 2.24) is 9.97 Å². The first-order valence-corrected chi connectivity index (χ1v) is 13.0. The molecule has 2 aromatic rings. The molecule has 3 aliphatic rings. The van der Waals surface area contributed by atoms with E-state index in [1.165, 1.54) is 49.3 Å². The van der Waals surface area contributed by atoms with Crippen LogP contribution in [-0.2, 0) is 0 Å². The first-order valence-electron chi connectivity index (χ1n) is 11.8. The van der Waals surface area contributed by atoms with Crippen LogP contribution in [0.1, 0.15) is 46.0 Å². The first-order chi connectivity index (χ1) is 15.3. The summed E-state index contributed by atoms with van der Waals surface area (Å²) in [7, 11) is 0. The van der Waals surface area contributed by atoms with Crippen LogP contribution in [0.4, 0.5) is 23.1 Å². The minimum absolute atomic E-state index is 0.490. The second-order valence-corrected chi connectivity index (χ2v) is 9.43. The summed E-state index contributed by atoms with van der Waals surface area (Å²) in [5.41, 5.74) is 3.98. The largest absolute Gasteiger partial charge is 0.370 e. The molecule has 2 aliphatic carbocycles. The van der Waals surface area contributed by atoms with E-state index in [-0.39, 0.29) is 0 Å². The van der Waals surface area contributed by atoms with Crippen LogP contribution >= 0.6 is 11.8 Å². The minimum Gasteiger partial charge on any atom is -0.370 e. The predicted molar refractivity (Wildman–Crippen MR) is 135 cm³/mol. The zero-order valence-electron chi connectivity index (χ0n) is 18.8. The Hall–Kier alpha value is -2.21. The van der Waals surface area contributed by atoms with Crippen molar-refractivity contribution in [3.8, 4) is 0 Å². The Labute approximate surface area is 191 Å². The second kappa shape index (κ2) is 10.9. The van der Waals surface area contributed by atoms with E-state index in [0.717, 1.165) is 24.6 Å². The second-order valence-electron chi connectivity index (χ2n) is 8.21. The van der Waals surface area contributed by atoms with Gasteiger partial charge in [0.1, 0.15) is 5.82 Å². The third kappa shape index (κ3) is 5.73. The van der Waals surface area contributed by atoms with Crippen LogP contribution in [0.25, 0.3) is 0 Å². The maximum atomic E-state index is 4.71. The van der Waals surface area contributed by atoms with E-state index >= 15 is 0 Å². The zero-order chi connectivity index (χ0) is 21.5. The summed E-state index contributed by atoms with van der Waals surface area (Å²) in [5, 5.41) is 7.03. The fourth-order valence-corrected chi connectivity index (χ4v) is 5.59. The Bertz CT molecular complexity index is 860. The van der Waals surface area contributed by atoms with E-state index in [9.17, 15) is 0 Å². The van der Waals surface area contributed by atoms with Crippen molar-refractivity contribution >= 4 is 34.9 Å². The maximum absolute atomic E-state index is 4.71. The monoisotopic (exact) mass is 437 g/mol. The lowest BCUT2D eigenvalue weighted by atomic mass is 9.77. The van der Waals surface area contributed by atoms with Gasteiger partial charge in [-0.1, -0.05) is 25.5 Å². The van der Waals surface area contributed by atoms with Gasteiger partial charge in [-0.25, -0.2) is 4.98 Å². The Balaban J connectivity index is 0.00000112. The molecule has 0 radical (unpaired) electrons. The van der Waals surface area contributed by atoms with Crippen LogP contribution in [0.5, 0.6) is 0 Å². The molecule has 0 spiro atoms. The molecule has 166 valence electrons. The SMILES string of the molecule is C1=C2CCCC1C(Nc1ccnc(Nc3ccc(N4CCSCC4)cc3)n1)CC2.CC. The van der Waals surface area contributed by atoms with E-state index in [1.807, 2.05) is 37.9 Å². The molecule has 1 saturated heterocycles. The number of rotatable bonds is 5. The van der Waals surface area contributed by atoms with Gasteiger partial charge in [-0.15, -0.1) is 0 Å². The summed E-state index contributed by atoms with van der Waals surface area (Å²) in [5.74, 6) is 4.64. The predicted octanol–water partition coefficient (Wildman–Crippen LogP) is 6.10. The topological polar surface area (TPSA) is 53.1 Å². The standard InChI is InChI=1S/C23H29N5S.C2H6/c1-2-17-4-9-21(18(3-1)16-17)26-22-10-11-24-23(27-22)25-19-5-7-20(8-6-19)28-12-14-29-15-13-28;1-2/h5-8,10-11,16,18,21H,1-4,9,12-15H2,(H2,24,25,26,27);1-2H3. The molecule has 1 aromatic carbocycles. The molecule has 2 atom stereocenters. The average Bonchev–Trinajstić information content (AvgIpc) is 2.84. The highest BCUT2D eigenvalue weighted by Gasteiger charge is 2.27. The molecule has 5 nitrogen and oxygen atoms in total. The number of anilines is 4. The molecule has 1 aromatic heterocycles. The van der Waals surface area contributed by atoms with Crippen molar-refractivity contribution in [1.29, 1.82) is 0 Å². The number of fused-ring (bicyclic) bond motifs is 1. The van der Waals surface area contributed by atoms with Crippen molar-refractivity contribution in [2.45, 2.75) is 52.0 Å². The van der Waals surface area contributed by atoms with E-state index in [4.69, 9.17) is 4.98 Å². The van der Waals surface area contributed by atoms with Crippen LogP contribution < -0.4 is 15.5 Å². The van der Waals surface area contributed by atoms with Crippen molar-refractivity contribution in [3.05, 3.63) is 48.2 Å². The third-order valence-corrected chi connectivity index (χ3v) is 7.21. The van der Waals surface area contributed by atoms with Crippen molar-refractivity contribution in [2.24, 2.45) is 5.92 Å². The summed E-state index contributed by atoms with van der Waals surface area (Å²) in [4.78, 5) is 11.6. The number of thioether (sulfide) groups is 1. The van der Waals surface area contributed by atoms with Gasteiger partial charge in [0.15, 0.2) is 0 Å². The number of hydrogen-bond donors (Lipinski definition) is 2. The van der Waals surface area contributed by atoms with Crippen molar-refractivity contribution in [2.75, 3.05) is 40.1 Å². The van der Waals surface area contributed by atoms with Crippen molar-refractivity contribution in [3.63, 3.8) is 0 Å². The van der Waals surface area contributed by atoms with Crippen LogP contribution in [0.15, 0.2) is 48.2 Å². The van der Waals surface area contributed by atoms with Gasteiger partial charge in [0.2, 0.25) is 5.95 Å². The Kier molecular flexibility index (Phi) is 7.73. The molecule has 0 amide bonds. The fourth-order valence-electron chi connectivity index (χ4n) is 4.69. The molecule has 2 bridgehead atoms. The van der Waals surface area contributed by atoms with Gasteiger partial charge < -0.3 is 15.5 Å². The summed E-state index contributed by atoms with van der Waals surface area (Å²) in [6, 6.07) is 11.1. The van der Waals surface area contributed by atoms with Crippen LogP contribution in [0, 0.1) is 5.92 Å². The lowest BCUT2D eigenvalue weighted by Gasteiger charge is -2.34. The minimum atomic E-state index is 0.490. The molecule has 2 heterocycles. The molecule has 2 unspecified atom stereocenters. The summed E-state index contributed by atoms with van der Waals surface area (Å²) in [6.45, 7) is 6.26. The summed E-state index contributed by atoms with van der Waals surface area (Å²) >= 11 is 2.04. The maximum Gasteiger partial charge on any atom is 0.229 e. The molecule has 6 heteroatoms. The Morgan fingerprint density at radius 1 is 1.00 bits per heavy atom. The smallest absolute Gasteiger partial charge is 0.229 e. The Morgan fingerprint density at radius 2 is 1.81 bits per heavy atom. The number of aromatic nitrogens is 2. The molecule has 1 aliphatic heterocycles. The van der Waals surface area contributed by atoms with E-state index < -0.39 is 0 Å². The van der Waals surface area contributed by atoms with Gasteiger partial charge >= 0.3 is 0 Å². The number of allylic oxidation sites excluding steroid dienone is 1. The van der Waals surface area contributed by atoms with Gasteiger partial charge in [-0.3, -0.25) is 0 Å². The third-order valence-electron chi connectivity index (χ3n) is 6.27. The first kappa shape index (κ1) is 22.0. The highest BCUT2D eigenvalue weighted by molar-refractivity contribution is 7.99. The van der Waals surface area contributed by atoms with Gasteiger partial charge in [-0.2, -0.15) is 16.7 Å². The quantitative estimate of drug-likeness (QED) is 0.551. The number of nitrogens with one attached hydrogen (secondary N) is 2. The lowest BCUT2D eigenvalue weighted by Crippen LogP contribution is -2.33. The zero-order valence-corrected chi connectivity index (χ0v) is 19.6. The van der Waals surface area contributed by atoms with Gasteiger partial charge in [-0.05, 0) is 68.4 Å². The molecule has 0 saturated carbocycles. The van der Waals surface area contributed by atoms with Gasteiger partial charge in [0.25, 0.3) is 0 Å². The molecule has 5 rings (SSSR count). The highest BCUT2D eigenvalue weighted by atomic mass is 32.2. The normalized spacial score (nSPS) is 22.6. The van der Waals surface area contributed by atoms with Crippen LogP contribution in [0.2, 0.25) is 0 Å². The summed E-state index contributed by atoms with van der Waals surface area (Å²) in [6.07, 6.45) is 10.7. The van der Waals surface area contributed by atoms with E-state index in [0.29, 0.717) is 17.9 Å². The molecule has 2 N–H and O–H groups in total. The molecular formula is C25H35N5S. The average molecular weight is 438 g/mol. The van der Waals surface area contributed by atoms with Gasteiger partial charge in [0, 0.05) is 48.2 Å². The lowest BCUT2D eigenvalue weighted by molar-refractivity contribution is 0.399. The number of benzene rings is 1. The van der Waals surface area contributed by atoms with Crippen LogP contribution in [-0.4, -0.2) is 40.6 Å². The van der Waals surface area contributed by atoms with Gasteiger partial charge in [0.05, 0.1) is 0 Å². The van der Waals surface area contributed by atoms with E-state index in [2.05, 4.69) is 50.9 Å². The molecule has 1 fully saturated rings. The molecular weight excluding hydrogens is 402 g/mol. The summed E-state index contributed by atoms with van der Waals surface area (Å²) < 4.78 is 0. The Morgan fingerprint density at radius 3 is 2.61 bits per heavy atom. The van der Waals surface area contributed by atoms with Crippen molar-refractivity contribution < 1.29 is 0 Å². The van der Waals surface area contributed by atoms with Crippen LogP contribution in [0.3, 0.4) is 0 Å². The number of nitrogens with zero attached hydrogens (tertiary/aromatic N) is 3. The fraction of sp³-hybridized carbons (Fsp3) is 0.520. The number of hydrogen-bond acceptors (Lipinski definition) is 6. The van der Waals surface area contributed by atoms with E-state index in [1.54, 1.807) is 5.57 Å². The molecule has 31 heavy (non-hydrogen) atoms.